The third kappa shape index (κ3) is 2.52. The van der Waals surface area contributed by atoms with Crippen molar-refractivity contribution in [1.82, 2.24) is 14.3 Å². The molecule has 0 aliphatic carbocycles. The third-order valence-corrected chi connectivity index (χ3v) is 6.12. The van der Waals surface area contributed by atoms with Crippen molar-refractivity contribution in [3.63, 3.8) is 0 Å². The summed E-state index contributed by atoms with van der Waals surface area (Å²) in [5, 5.41) is 0.561. The predicted molar refractivity (Wildman–Crippen MR) is 82.2 cm³/mol. The predicted octanol–water partition coefficient (Wildman–Crippen LogP) is 2.07. The molecule has 20 heavy (non-hydrogen) atoms. The van der Waals surface area contributed by atoms with Crippen LogP contribution < -0.4 is 0 Å². The first-order chi connectivity index (χ1) is 9.69. The van der Waals surface area contributed by atoms with Gasteiger partial charge in [0.25, 0.3) is 0 Å². The summed E-state index contributed by atoms with van der Waals surface area (Å²) in [5.41, 5.74) is 2.19. The van der Waals surface area contributed by atoms with E-state index in [-0.39, 0.29) is 5.25 Å². The van der Waals surface area contributed by atoms with Gasteiger partial charge in [-0.25, -0.2) is 4.98 Å². The molecule has 2 aromatic rings. The molecule has 108 valence electrons. The van der Waals surface area contributed by atoms with E-state index in [1.54, 1.807) is 0 Å². The minimum Gasteiger partial charge on any atom is -0.303 e. The van der Waals surface area contributed by atoms with Crippen LogP contribution in [-0.2, 0) is 17.3 Å². The molecule has 0 radical (unpaired) electrons. The zero-order chi connectivity index (χ0) is 14.1. The molecule has 1 aliphatic heterocycles. The molecule has 1 saturated heterocycles. The van der Waals surface area contributed by atoms with Crippen molar-refractivity contribution in [3.05, 3.63) is 36.3 Å². The summed E-state index contributed by atoms with van der Waals surface area (Å²) in [6.07, 6.45) is 4.99. The summed E-state index contributed by atoms with van der Waals surface area (Å²) in [6, 6.07) is 6.05. The third-order valence-electron chi connectivity index (χ3n) is 4.04. The number of hydrogen-bond acceptors (Lipinski definition) is 3. The monoisotopic (exact) mass is 291 g/mol. The van der Waals surface area contributed by atoms with Gasteiger partial charge in [0, 0.05) is 47.1 Å². The van der Waals surface area contributed by atoms with E-state index in [1.165, 1.54) is 5.69 Å². The van der Waals surface area contributed by atoms with Gasteiger partial charge in [0.2, 0.25) is 0 Å². The van der Waals surface area contributed by atoms with Crippen LogP contribution in [0.3, 0.4) is 0 Å². The van der Waals surface area contributed by atoms with E-state index in [2.05, 4.69) is 34.3 Å². The minimum atomic E-state index is -0.683. The number of imidazole rings is 1. The highest BCUT2D eigenvalue weighted by atomic mass is 32.2. The Morgan fingerprint density at radius 3 is 3.05 bits per heavy atom. The van der Waals surface area contributed by atoms with Gasteiger partial charge in [-0.1, -0.05) is 13.0 Å². The van der Waals surface area contributed by atoms with Gasteiger partial charge < -0.3 is 4.40 Å². The van der Waals surface area contributed by atoms with Gasteiger partial charge in [0.05, 0.1) is 11.9 Å². The lowest BCUT2D eigenvalue weighted by molar-refractivity contribution is 0.250. The van der Waals surface area contributed by atoms with Crippen LogP contribution >= 0.6 is 0 Å². The molecule has 0 bridgehead atoms. The fourth-order valence-corrected chi connectivity index (χ4v) is 4.66. The van der Waals surface area contributed by atoms with Crippen LogP contribution in [0.4, 0.5) is 0 Å². The van der Waals surface area contributed by atoms with E-state index in [4.69, 9.17) is 0 Å². The Bertz CT molecular complexity index is 624. The van der Waals surface area contributed by atoms with Crippen LogP contribution in [0.5, 0.6) is 0 Å². The molecular formula is C15H21N3OS. The molecule has 4 nitrogen and oxygen atoms in total. The van der Waals surface area contributed by atoms with Crippen LogP contribution in [0.2, 0.25) is 0 Å². The molecule has 0 aromatic carbocycles. The van der Waals surface area contributed by atoms with Gasteiger partial charge in [0.15, 0.2) is 0 Å². The average molecular weight is 291 g/mol. The number of hydrogen-bond donors (Lipinski definition) is 0. The Balaban J connectivity index is 1.79. The van der Waals surface area contributed by atoms with Crippen molar-refractivity contribution < 1.29 is 4.21 Å². The first kappa shape index (κ1) is 13.8. The number of aromatic nitrogens is 2. The van der Waals surface area contributed by atoms with Crippen molar-refractivity contribution in [2.75, 3.05) is 13.1 Å². The Morgan fingerprint density at radius 2 is 2.25 bits per heavy atom. The van der Waals surface area contributed by atoms with Crippen molar-refractivity contribution in [2.45, 2.75) is 37.3 Å². The van der Waals surface area contributed by atoms with Gasteiger partial charge in [-0.15, -0.1) is 0 Å². The van der Waals surface area contributed by atoms with E-state index >= 15 is 0 Å². The van der Waals surface area contributed by atoms with E-state index in [0.717, 1.165) is 31.7 Å². The Kier molecular flexibility index (Phi) is 3.89. The van der Waals surface area contributed by atoms with Crippen molar-refractivity contribution in [1.29, 1.82) is 0 Å². The average Bonchev–Trinajstić information content (AvgIpc) is 2.86. The highest BCUT2D eigenvalue weighted by Crippen LogP contribution is 2.19. The van der Waals surface area contributed by atoms with Gasteiger partial charge in [-0.3, -0.25) is 9.11 Å². The molecule has 0 N–H and O–H groups in total. The summed E-state index contributed by atoms with van der Waals surface area (Å²) in [5.74, 6) is 0. The molecular weight excluding hydrogens is 270 g/mol. The van der Waals surface area contributed by atoms with Crippen LogP contribution in [0.15, 0.2) is 30.6 Å². The van der Waals surface area contributed by atoms with Gasteiger partial charge in [-0.05, 0) is 25.5 Å². The summed E-state index contributed by atoms with van der Waals surface area (Å²) < 4.78 is 14.3. The van der Waals surface area contributed by atoms with Crippen LogP contribution in [-0.4, -0.2) is 42.1 Å². The van der Waals surface area contributed by atoms with Crippen molar-refractivity contribution >= 4 is 16.4 Å². The van der Waals surface area contributed by atoms with E-state index < -0.39 is 10.8 Å². The van der Waals surface area contributed by atoms with Gasteiger partial charge in [0.1, 0.15) is 5.65 Å². The maximum absolute atomic E-state index is 12.2. The minimum absolute atomic E-state index is 0.257. The SMILES string of the molecule is CCC1CN(Cc2cnc3ccccn23)CC(C)S1=O. The second-order valence-electron chi connectivity index (χ2n) is 5.54. The molecule has 3 atom stereocenters. The first-order valence-corrected chi connectivity index (χ1v) is 8.49. The maximum atomic E-state index is 12.2. The lowest BCUT2D eigenvalue weighted by atomic mass is 10.2. The number of rotatable bonds is 3. The molecule has 3 rings (SSSR count). The first-order valence-electron chi connectivity index (χ1n) is 7.21. The fraction of sp³-hybridized carbons (Fsp3) is 0.533. The summed E-state index contributed by atoms with van der Waals surface area (Å²) >= 11 is 0. The molecule has 5 heteroatoms. The Morgan fingerprint density at radius 1 is 1.40 bits per heavy atom. The summed E-state index contributed by atoms with van der Waals surface area (Å²) in [4.78, 5) is 6.85. The Hall–Kier alpha value is -1.20. The standard InChI is InChI=1S/C15H21N3OS/c1-3-14-11-17(9-12(2)20(14)19)10-13-8-16-15-6-4-5-7-18(13)15/h4-8,12,14H,3,9-11H2,1-2H3. The number of pyridine rings is 1. The molecule has 1 fully saturated rings. The zero-order valence-electron chi connectivity index (χ0n) is 12.0. The molecule has 0 amide bonds. The molecule has 0 spiro atoms. The second-order valence-corrected chi connectivity index (χ2v) is 7.67. The van der Waals surface area contributed by atoms with Crippen LogP contribution in [0, 0.1) is 0 Å². The molecule has 1 aliphatic rings. The second kappa shape index (κ2) is 5.66. The lowest BCUT2D eigenvalue weighted by Crippen LogP contribution is -2.47. The van der Waals surface area contributed by atoms with E-state index in [0.29, 0.717) is 5.25 Å². The topological polar surface area (TPSA) is 37.6 Å². The van der Waals surface area contributed by atoms with Crippen LogP contribution in [0.1, 0.15) is 26.0 Å². The molecule has 0 saturated carbocycles. The summed E-state index contributed by atoms with van der Waals surface area (Å²) in [7, 11) is -0.683. The van der Waals surface area contributed by atoms with Gasteiger partial charge in [-0.2, -0.15) is 0 Å². The number of fused-ring (bicyclic) bond motifs is 1. The number of nitrogens with zero attached hydrogens (tertiary/aromatic N) is 3. The normalized spacial score (nSPS) is 28.0. The highest BCUT2D eigenvalue weighted by molar-refractivity contribution is 7.86. The molecule has 3 unspecified atom stereocenters. The lowest BCUT2D eigenvalue weighted by Gasteiger charge is -2.35. The van der Waals surface area contributed by atoms with Crippen molar-refractivity contribution in [2.24, 2.45) is 0 Å². The van der Waals surface area contributed by atoms with E-state index in [1.807, 2.05) is 24.4 Å². The smallest absolute Gasteiger partial charge is 0.136 e. The molecule has 3 heterocycles. The zero-order valence-corrected chi connectivity index (χ0v) is 12.8. The van der Waals surface area contributed by atoms with Crippen LogP contribution in [0.25, 0.3) is 5.65 Å². The Labute approximate surface area is 122 Å². The van der Waals surface area contributed by atoms with Crippen molar-refractivity contribution in [3.8, 4) is 0 Å². The highest BCUT2D eigenvalue weighted by Gasteiger charge is 2.30. The maximum Gasteiger partial charge on any atom is 0.136 e. The van der Waals surface area contributed by atoms with E-state index in [9.17, 15) is 4.21 Å². The fourth-order valence-electron chi connectivity index (χ4n) is 2.96. The van der Waals surface area contributed by atoms with Gasteiger partial charge >= 0.3 is 0 Å². The quantitative estimate of drug-likeness (QED) is 0.869. The summed E-state index contributed by atoms with van der Waals surface area (Å²) in [6.45, 7) is 6.94. The molecule has 2 aromatic heterocycles. The largest absolute Gasteiger partial charge is 0.303 e.